The van der Waals surface area contributed by atoms with Gasteiger partial charge in [-0.05, 0) is 44.2 Å². The van der Waals surface area contributed by atoms with Crippen molar-refractivity contribution in [2.24, 2.45) is 0 Å². The fourth-order valence-electron chi connectivity index (χ4n) is 1.98. The third kappa shape index (κ3) is 3.43. The van der Waals surface area contributed by atoms with Gasteiger partial charge in [0.1, 0.15) is 10.7 Å². The van der Waals surface area contributed by atoms with Gasteiger partial charge in [0.05, 0.1) is 6.61 Å². The molecule has 1 heterocycles. The molecule has 5 nitrogen and oxygen atoms in total. The Morgan fingerprint density at radius 1 is 1.29 bits per heavy atom. The minimum absolute atomic E-state index is 0.0296. The van der Waals surface area contributed by atoms with E-state index in [1.54, 1.807) is 4.57 Å². The van der Waals surface area contributed by atoms with Crippen molar-refractivity contribution in [1.82, 2.24) is 4.57 Å². The molecule has 2 aromatic rings. The number of halogens is 1. The zero-order chi connectivity index (χ0) is 15.6. The third-order valence-electron chi connectivity index (χ3n) is 3.03. The normalized spacial score (nSPS) is 11.9. The zero-order valence-electron chi connectivity index (χ0n) is 11.7. The van der Waals surface area contributed by atoms with Gasteiger partial charge in [-0.3, -0.25) is 4.72 Å². The summed E-state index contributed by atoms with van der Waals surface area (Å²) in [6.07, 6.45) is 1.47. The monoisotopic (exact) mass is 312 g/mol. The molecule has 0 spiro atoms. The molecule has 0 fully saturated rings. The first kappa shape index (κ1) is 15.5. The van der Waals surface area contributed by atoms with Crippen LogP contribution in [0.5, 0.6) is 0 Å². The van der Waals surface area contributed by atoms with Gasteiger partial charge in [0, 0.05) is 23.6 Å². The second kappa shape index (κ2) is 5.87. The second-order valence-corrected chi connectivity index (χ2v) is 6.62. The Hall–Kier alpha value is -1.86. The van der Waals surface area contributed by atoms with Crippen LogP contribution in [-0.2, 0) is 16.6 Å². The lowest BCUT2D eigenvalue weighted by atomic mass is 10.3. The van der Waals surface area contributed by atoms with Crippen molar-refractivity contribution in [2.45, 2.75) is 31.4 Å². The molecule has 1 aromatic heterocycles. The number of benzene rings is 1. The van der Waals surface area contributed by atoms with Crippen molar-refractivity contribution in [2.75, 3.05) is 4.72 Å². The third-order valence-corrected chi connectivity index (χ3v) is 4.38. The second-order valence-electron chi connectivity index (χ2n) is 4.94. The molecule has 114 valence electrons. The fourth-order valence-corrected chi connectivity index (χ4v) is 3.09. The van der Waals surface area contributed by atoms with Crippen LogP contribution in [-0.4, -0.2) is 18.1 Å². The highest BCUT2D eigenvalue weighted by Crippen LogP contribution is 2.21. The maximum Gasteiger partial charge on any atom is 0.263 e. The van der Waals surface area contributed by atoms with Gasteiger partial charge in [-0.25, -0.2) is 12.8 Å². The molecule has 7 heteroatoms. The number of sulfonamides is 1. The summed E-state index contributed by atoms with van der Waals surface area (Å²) in [5.74, 6) is -0.438. The molecular formula is C14H17FN2O3S. The minimum Gasteiger partial charge on any atom is -0.390 e. The quantitative estimate of drug-likeness (QED) is 0.891. The molecule has 0 atom stereocenters. The van der Waals surface area contributed by atoms with E-state index in [-0.39, 0.29) is 23.2 Å². The molecule has 0 amide bonds. The Labute approximate surface area is 123 Å². The van der Waals surface area contributed by atoms with Gasteiger partial charge >= 0.3 is 0 Å². The molecular weight excluding hydrogens is 295 g/mol. The number of hydrogen-bond donors (Lipinski definition) is 2. The summed E-state index contributed by atoms with van der Waals surface area (Å²) >= 11 is 0. The Bertz CT molecular complexity index is 721. The van der Waals surface area contributed by atoms with Crippen LogP contribution in [0.3, 0.4) is 0 Å². The summed E-state index contributed by atoms with van der Waals surface area (Å²) in [5, 5.41) is 9.29. The van der Waals surface area contributed by atoms with Crippen molar-refractivity contribution in [3.05, 3.63) is 48.0 Å². The lowest BCUT2D eigenvalue weighted by molar-refractivity contribution is 0.268. The van der Waals surface area contributed by atoms with Crippen molar-refractivity contribution in [3.63, 3.8) is 0 Å². The van der Waals surface area contributed by atoms with E-state index >= 15 is 0 Å². The van der Waals surface area contributed by atoms with Gasteiger partial charge < -0.3 is 9.67 Å². The predicted octanol–water partition coefficient (Wildman–Crippen LogP) is 2.50. The van der Waals surface area contributed by atoms with Crippen molar-refractivity contribution < 1.29 is 17.9 Å². The Balaban J connectivity index is 2.33. The van der Waals surface area contributed by atoms with E-state index in [0.717, 1.165) is 0 Å². The Kier molecular flexibility index (Phi) is 4.34. The molecule has 0 saturated carbocycles. The summed E-state index contributed by atoms with van der Waals surface area (Å²) < 4.78 is 41.5. The highest BCUT2D eigenvalue weighted by atomic mass is 32.2. The van der Waals surface area contributed by atoms with Crippen LogP contribution in [0, 0.1) is 5.82 Å². The van der Waals surface area contributed by atoms with E-state index in [0.29, 0.717) is 5.69 Å². The summed E-state index contributed by atoms with van der Waals surface area (Å²) in [5.41, 5.74) is 0.795. The van der Waals surface area contributed by atoms with E-state index < -0.39 is 15.8 Å². The van der Waals surface area contributed by atoms with Crippen LogP contribution in [0.4, 0.5) is 10.1 Å². The minimum atomic E-state index is -3.78. The molecule has 0 aliphatic rings. The number of aliphatic hydroxyl groups is 1. The molecule has 0 radical (unpaired) electrons. The fraction of sp³-hybridized carbons (Fsp3) is 0.286. The average molecular weight is 312 g/mol. The number of aliphatic hydroxyl groups excluding tert-OH is 1. The predicted molar refractivity (Wildman–Crippen MR) is 77.9 cm³/mol. The number of nitrogens with zero attached hydrogens (tertiary/aromatic N) is 1. The van der Waals surface area contributed by atoms with Crippen LogP contribution in [0.15, 0.2) is 41.4 Å². The van der Waals surface area contributed by atoms with E-state index in [1.165, 1.54) is 36.5 Å². The Morgan fingerprint density at radius 2 is 1.90 bits per heavy atom. The van der Waals surface area contributed by atoms with Gasteiger partial charge in [-0.1, -0.05) is 0 Å². The summed E-state index contributed by atoms with van der Waals surface area (Å²) in [6, 6.07) is 6.50. The molecule has 0 unspecified atom stereocenters. The number of anilines is 1. The van der Waals surface area contributed by atoms with Crippen LogP contribution >= 0.6 is 0 Å². The molecule has 0 aliphatic carbocycles. The average Bonchev–Trinajstić information content (AvgIpc) is 2.86. The zero-order valence-corrected chi connectivity index (χ0v) is 12.6. The number of rotatable bonds is 5. The van der Waals surface area contributed by atoms with Gasteiger partial charge in [0.15, 0.2) is 0 Å². The highest BCUT2D eigenvalue weighted by Gasteiger charge is 2.19. The van der Waals surface area contributed by atoms with Crippen LogP contribution in [0.25, 0.3) is 0 Å². The van der Waals surface area contributed by atoms with Crippen molar-refractivity contribution >= 4 is 15.7 Å². The molecule has 0 saturated heterocycles. The molecule has 2 N–H and O–H groups in total. The lowest BCUT2D eigenvalue weighted by Crippen LogP contribution is -2.12. The smallest absolute Gasteiger partial charge is 0.263 e. The van der Waals surface area contributed by atoms with Gasteiger partial charge in [-0.15, -0.1) is 0 Å². The summed E-state index contributed by atoms with van der Waals surface area (Å²) in [7, 11) is -3.78. The van der Waals surface area contributed by atoms with Gasteiger partial charge in [0.2, 0.25) is 0 Å². The first-order valence-corrected chi connectivity index (χ1v) is 7.92. The van der Waals surface area contributed by atoms with E-state index in [1.807, 2.05) is 13.8 Å². The van der Waals surface area contributed by atoms with Crippen molar-refractivity contribution in [3.8, 4) is 0 Å². The molecule has 21 heavy (non-hydrogen) atoms. The van der Waals surface area contributed by atoms with Crippen LogP contribution in [0.1, 0.15) is 25.6 Å². The number of nitrogens with one attached hydrogen (secondary N) is 1. The van der Waals surface area contributed by atoms with E-state index in [4.69, 9.17) is 0 Å². The van der Waals surface area contributed by atoms with E-state index in [2.05, 4.69) is 4.72 Å². The standard InChI is InChI=1S/C14H17FN2O3S/c1-10(2)17-8-14(7-13(17)9-18)21(19,20)16-12-5-3-11(15)4-6-12/h3-8,10,16,18H,9H2,1-2H3. The van der Waals surface area contributed by atoms with Gasteiger partial charge in [-0.2, -0.15) is 0 Å². The largest absolute Gasteiger partial charge is 0.390 e. The summed E-state index contributed by atoms with van der Waals surface area (Å²) in [4.78, 5) is 0.0598. The molecule has 0 aliphatic heterocycles. The maximum atomic E-state index is 12.8. The lowest BCUT2D eigenvalue weighted by Gasteiger charge is -2.10. The molecule has 1 aromatic carbocycles. The van der Waals surface area contributed by atoms with Crippen molar-refractivity contribution in [1.29, 1.82) is 0 Å². The first-order valence-electron chi connectivity index (χ1n) is 6.43. The maximum absolute atomic E-state index is 12.8. The topological polar surface area (TPSA) is 71.3 Å². The first-order chi connectivity index (χ1) is 9.83. The SMILES string of the molecule is CC(C)n1cc(S(=O)(=O)Nc2ccc(F)cc2)cc1CO. The molecule has 0 bridgehead atoms. The Morgan fingerprint density at radius 3 is 2.38 bits per heavy atom. The number of hydrogen-bond acceptors (Lipinski definition) is 3. The van der Waals surface area contributed by atoms with E-state index in [9.17, 15) is 17.9 Å². The summed E-state index contributed by atoms with van der Waals surface area (Å²) in [6.45, 7) is 3.54. The molecule has 2 rings (SSSR count). The number of aromatic nitrogens is 1. The van der Waals surface area contributed by atoms with Crippen LogP contribution < -0.4 is 4.72 Å². The van der Waals surface area contributed by atoms with Crippen LogP contribution in [0.2, 0.25) is 0 Å². The highest BCUT2D eigenvalue weighted by molar-refractivity contribution is 7.92. The van der Waals surface area contributed by atoms with Gasteiger partial charge in [0.25, 0.3) is 10.0 Å².